The lowest BCUT2D eigenvalue weighted by Gasteiger charge is -2.15. The van der Waals surface area contributed by atoms with Crippen LogP contribution in [-0.4, -0.2) is 14.3 Å². The monoisotopic (exact) mass is 433 g/mol. The number of halogens is 2. The van der Waals surface area contributed by atoms with E-state index in [2.05, 4.69) is 9.71 Å². The Morgan fingerprint density at radius 2 is 1.54 bits per heavy atom. The van der Waals surface area contributed by atoms with Gasteiger partial charge in [-0.3, -0.25) is 0 Å². The van der Waals surface area contributed by atoms with Gasteiger partial charge in [-0.15, -0.1) is 4.40 Å². The zero-order valence-corrected chi connectivity index (χ0v) is 17.0. The van der Waals surface area contributed by atoms with Crippen LogP contribution in [0.2, 0.25) is 10.0 Å². The van der Waals surface area contributed by atoms with Crippen LogP contribution in [0.15, 0.2) is 76.0 Å². The minimum absolute atomic E-state index is 0.0688. The minimum Gasteiger partial charge on any atom is -0.870 e. The number of aryl methyl sites for hydroxylation is 1. The van der Waals surface area contributed by atoms with Crippen LogP contribution >= 0.6 is 23.2 Å². The van der Waals surface area contributed by atoms with Gasteiger partial charge in [-0.1, -0.05) is 77.0 Å². The normalized spacial score (nSPS) is 12.0. The molecule has 3 rings (SSSR count). The molecule has 0 aliphatic heterocycles. The Morgan fingerprint density at radius 3 is 2.11 bits per heavy atom. The Balaban J connectivity index is 2.07. The number of rotatable bonds is 4. The topological polar surface area (TPSA) is 81.6 Å². The second-order valence-corrected chi connectivity index (χ2v) is 8.41. The van der Waals surface area contributed by atoms with Crippen molar-refractivity contribution in [1.82, 2.24) is 0 Å². The minimum atomic E-state index is -3.98. The smallest absolute Gasteiger partial charge is 0.284 e. The van der Waals surface area contributed by atoms with Gasteiger partial charge in [0.1, 0.15) is 0 Å². The first-order chi connectivity index (χ1) is 13.3. The van der Waals surface area contributed by atoms with Crippen LogP contribution in [0.4, 0.5) is 5.69 Å². The first kappa shape index (κ1) is 20.2. The molecule has 0 aliphatic rings. The van der Waals surface area contributed by atoms with E-state index in [0.29, 0.717) is 11.3 Å². The van der Waals surface area contributed by atoms with E-state index in [1.54, 1.807) is 42.5 Å². The molecular formula is C20H15Cl2N2O3S-. The zero-order chi connectivity index (χ0) is 20.3. The molecule has 144 valence electrons. The molecule has 0 heterocycles. The van der Waals surface area contributed by atoms with Gasteiger partial charge >= 0.3 is 0 Å². The van der Waals surface area contributed by atoms with Gasteiger partial charge in [0, 0.05) is 21.3 Å². The van der Waals surface area contributed by atoms with Gasteiger partial charge in [0.05, 0.1) is 4.90 Å². The summed E-state index contributed by atoms with van der Waals surface area (Å²) in [6.45, 7) is 1.86. The number of benzene rings is 3. The number of hydrogen-bond donors (Lipinski definition) is 1. The molecule has 28 heavy (non-hydrogen) atoms. The predicted molar refractivity (Wildman–Crippen MR) is 111 cm³/mol. The largest absolute Gasteiger partial charge is 0.870 e. The Morgan fingerprint density at radius 1 is 0.964 bits per heavy atom. The molecule has 3 aromatic carbocycles. The predicted octanol–water partition coefficient (Wildman–Crippen LogP) is 4.62. The van der Waals surface area contributed by atoms with Crippen molar-refractivity contribution in [3.05, 3.63) is 87.9 Å². The van der Waals surface area contributed by atoms with E-state index in [1.807, 2.05) is 6.92 Å². The van der Waals surface area contributed by atoms with Crippen LogP contribution in [0, 0.1) is 6.92 Å². The molecule has 0 aromatic heterocycles. The molecule has 8 heteroatoms. The summed E-state index contributed by atoms with van der Waals surface area (Å²) in [5.74, 6) is -0.425. The van der Waals surface area contributed by atoms with E-state index in [1.165, 1.54) is 24.3 Å². The SMILES string of the molecule is Cc1ccc(S(=O)(=O)N=C(Nc2cc(Cl)c([O-])c(Cl)c2)c2ccccc2)cc1. The molecule has 0 aliphatic carbocycles. The first-order valence-corrected chi connectivity index (χ1v) is 10.4. The Kier molecular flexibility index (Phi) is 5.93. The summed E-state index contributed by atoms with van der Waals surface area (Å²) in [4.78, 5) is 0.0688. The molecule has 1 N–H and O–H groups in total. The van der Waals surface area contributed by atoms with Gasteiger partial charge in [0.25, 0.3) is 10.0 Å². The fourth-order valence-electron chi connectivity index (χ4n) is 2.40. The van der Waals surface area contributed by atoms with Crippen LogP contribution in [0.1, 0.15) is 11.1 Å². The summed E-state index contributed by atoms with van der Waals surface area (Å²) in [5, 5.41) is 14.4. The first-order valence-electron chi connectivity index (χ1n) is 8.16. The van der Waals surface area contributed by atoms with Gasteiger partial charge in [-0.05, 0) is 31.2 Å². The Labute approximate surface area is 173 Å². The quantitative estimate of drug-likeness (QED) is 0.480. The van der Waals surface area contributed by atoms with Crippen molar-refractivity contribution in [3.63, 3.8) is 0 Å². The number of sulfonamides is 1. The summed E-state index contributed by atoms with van der Waals surface area (Å²) in [6.07, 6.45) is 0. The molecule has 0 bridgehead atoms. The maximum atomic E-state index is 12.8. The third-order valence-electron chi connectivity index (χ3n) is 3.84. The third-order valence-corrected chi connectivity index (χ3v) is 5.69. The van der Waals surface area contributed by atoms with Crippen molar-refractivity contribution >= 4 is 44.7 Å². The van der Waals surface area contributed by atoms with Crippen molar-refractivity contribution < 1.29 is 13.5 Å². The number of amidine groups is 1. The van der Waals surface area contributed by atoms with Gasteiger partial charge in [-0.2, -0.15) is 8.42 Å². The van der Waals surface area contributed by atoms with Crippen LogP contribution in [0.25, 0.3) is 0 Å². The van der Waals surface area contributed by atoms with Crippen molar-refractivity contribution in [1.29, 1.82) is 0 Å². The molecule has 0 unspecified atom stereocenters. The van der Waals surface area contributed by atoms with Crippen molar-refractivity contribution in [3.8, 4) is 5.75 Å². The summed E-state index contributed by atoms with van der Waals surface area (Å²) in [6, 6.07) is 17.9. The van der Waals surface area contributed by atoms with Crippen molar-refractivity contribution in [2.24, 2.45) is 4.40 Å². The summed E-state index contributed by atoms with van der Waals surface area (Å²) in [7, 11) is -3.98. The lowest BCUT2D eigenvalue weighted by atomic mass is 10.2. The highest BCUT2D eigenvalue weighted by Gasteiger charge is 2.16. The maximum absolute atomic E-state index is 12.8. The van der Waals surface area contributed by atoms with Gasteiger partial charge in [0.2, 0.25) is 0 Å². The number of hydrogen-bond acceptors (Lipinski definition) is 3. The fourth-order valence-corrected chi connectivity index (χ4v) is 3.86. The summed E-state index contributed by atoms with van der Waals surface area (Å²) in [5.41, 5.74) is 1.82. The van der Waals surface area contributed by atoms with Crippen LogP contribution in [-0.2, 0) is 10.0 Å². The molecule has 0 fully saturated rings. The van der Waals surface area contributed by atoms with E-state index in [-0.39, 0.29) is 20.8 Å². The van der Waals surface area contributed by atoms with E-state index in [4.69, 9.17) is 23.2 Å². The standard InChI is InChI=1S/C20H16Cl2N2O3S/c1-13-7-9-16(10-8-13)28(26,27)24-20(14-5-3-2-4-6-14)23-15-11-17(21)19(25)18(22)12-15/h2-12,25H,1H3,(H,23,24)/p-1. The highest BCUT2D eigenvalue weighted by atomic mass is 35.5. The molecule has 0 spiro atoms. The van der Waals surface area contributed by atoms with Crippen molar-refractivity contribution in [2.75, 3.05) is 5.32 Å². The summed E-state index contributed by atoms with van der Waals surface area (Å²) >= 11 is 11.8. The van der Waals surface area contributed by atoms with E-state index >= 15 is 0 Å². The molecule has 5 nitrogen and oxygen atoms in total. The molecule has 0 amide bonds. The maximum Gasteiger partial charge on any atom is 0.284 e. The highest BCUT2D eigenvalue weighted by molar-refractivity contribution is 7.90. The highest BCUT2D eigenvalue weighted by Crippen LogP contribution is 2.32. The second-order valence-electron chi connectivity index (χ2n) is 5.99. The summed E-state index contributed by atoms with van der Waals surface area (Å²) < 4.78 is 29.5. The molecular weight excluding hydrogens is 419 g/mol. The van der Waals surface area contributed by atoms with E-state index in [9.17, 15) is 13.5 Å². The lowest BCUT2D eigenvalue weighted by molar-refractivity contribution is -0.268. The number of nitrogens with zero attached hydrogens (tertiary/aromatic N) is 1. The van der Waals surface area contributed by atoms with Crippen LogP contribution in [0.5, 0.6) is 5.75 Å². The third kappa shape index (κ3) is 4.65. The Hall–Kier alpha value is -2.54. The molecule has 0 atom stereocenters. The molecule has 3 aromatic rings. The average molecular weight is 434 g/mol. The van der Waals surface area contributed by atoms with Crippen LogP contribution < -0.4 is 10.4 Å². The van der Waals surface area contributed by atoms with Crippen LogP contribution in [0.3, 0.4) is 0 Å². The van der Waals surface area contributed by atoms with E-state index < -0.39 is 15.8 Å². The van der Waals surface area contributed by atoms with Gasteiger partial charge < -0.3 is 10.4 Å². The van der Waals surface area contributed by atoms with Gasteiger partial charge in [-0.25, -0.2) is 0 Å². The second kappa shape index (κ2) is 8.22. The molecule has 0 saturated heterocycles. The average Bonchev–Trinajstić information content (AvgIpc) is 2.66. The van der Waals surface area contributed by atoms with Crippen molar-refractivity contribution in [2.45, 2.75) is 11.8 Å². The fraction of sp³-hybridized carbons (Fsp3) is 0.0500. The number of nitrogens with one attached hydrogen (secondary N) is 1. The Bertz CT molecular complexity index is 1110. The van der Waals surface area contributed by atoms with E-state index in [0.717, 1.165) is 5.56 Å². The molecule has 0 radical (unpaired) electrons. The zero-order valence-electron chi connectivity index (χ0n) is 14.7. The van der Waals surface area contributed by atoms with Gasteiger partial charge in [0.15, 0.2) is 5.84 Å². The molecule has 0 saturated carbocycles. The lowest BCUT2D eigenvalue weighted by Crippen LogP contribution is -2.16. The number of anilines is 1.